The number of pyridine rings is 1. The van der Waals surface area contributed by atoms with Crippen LogP contribution in [0.25, 0.3) is 99.9 Å². The molecule has 0 aliphatic heterocycles. The predicted molar refractivity (Wildman–Crippen MR) is 219 cm³/mol. The van der Waals surface area contributed by atoms with Crippen molar-refractivity contribution >= 4 is 43.6 Å². The zero-order chi connectivity index (χ0) is 36.0. The summed E-state index contributed by atoms with van der Waals surface area (Å²) in [7, 11) is 0. The maximum atomic E-state index is 6.34. The van der Waals surface area contributed by atoms with Gasteiger partial charge in [0, 0.05) is 49.0 Å². The minimum Gasteiger partial charge on any atom is -0.456 e. The lowest BCUT2D eigenvalue weighted by Crippen LogP contribution is -2.14. The van der Waals surface area contributed by atoms with Crippen LogP contribution in [0.4, 0.5) is 0 Å². The first-order valence-corrected chi connectivity index (χ1v) is 18.3. The van der Waals surface area contributed by atoms with Crippen LogP contribution in [0.5, 0.6) is 0 Å². The highest BCUT2D eigenvalue weighted by atomic mass is 16.3. The molecule has 7 aromatic carbocycles. The number of rotatable bonds is 4. The molecule has 0 spiro atoms. The van der Waals surface area contributed by atoms with Crippen molar-refractivity contribution in [3.8, 4) is 56.3 Å². The average molecular weight is 693 g/mol. The lowest BCUT2D eigenvalue weighted by molar-refractivity contribution is 0.660. The SMILES string of the molecule is CC1(C)c2ccccc2-c2cc(-c3ncnc(-c4cccc(-c5ccc6c(c5)nc(-c5ccccc5)c5ccc7oc8ccccc8c7c56)c4)n3)ccc21. The molecule has 0 bridgehead atoms. The zero-order valence-electron chi connectivity index (χ0n) is 29.7. The summed E-state index contributed by atoms with van der Waals surface area (Å²) < 4.78 is 6.34. The van der Waals surface area contributed by atoms with E-state index in [1.54, 1.807) is 6.33 Å². The quantitative estimate of drug-likeness (QED) is 0.172. The maximum absolute atomic E-state index is 6.34. The molecule has 54 heavy (non-hydrogen) atoms. The lowest BCUT2D eigenvalue weighted by Gasteiger charge is -2.21. The summed E-state index contributed by atoms with van der Waals surface area (Å²) in [4.78, 5) is 19.6. The van der Waals surface area contributed by atoms with Crippen LogP contribution in [0.3, 0.4) is 0 Å². The van der Waals surface area contributed by atoms with Crippen molar-refractivity contribution in [2.75, 3.05) is 0 Å². The third kappa shape index (κ3) is 4.58. The number of fused-ring (bicyclic) bond motifs is 10. The molecule has 3 heterocycles. The second-order valence-corrected chi connectivity index (χ2v) is 14.7. The molecule has 5 heteroatoms. The summed E-state index contributed by atoms with van der Waals surface area (Å²) >= 11 is 0. The van der Waals surface area contributed by atoms with Crippen molar-refractivity contribution in [2.45, 2.75) is 19.3 Å². The molecular weight excluding hydrogens is 661 g/mol. The lowest BCUT2D eigenvalue weighted by atomic mass is 9.82. The minimum absolute atomic E-state index is 0.0521. The van der Waals surface area contributed by atoms with Crippen molar-refractivity contribution in [1.82, 2.24) is 19.9 Å². The highest BCUT2D eigenvalue weighted by Gasteiger charge is 2.35. The predicted octanol–water partition coefficient (Wildman–Crippen LogP) is 12.4. The molecule has 0 fully saturated rings. The van der Waals surface area contributed by atoms with Crippen LogP contribution in [0.1, 0.15) is 25.0 Å². The van der Waals surface area contributed by atoms with E-state index in [0.717, 1.165) is 77.1 Å². The second-order valence-electron chi connectivity index (χ2n) is 14.7. The minimum atomic E-state index is -0.0521. The number of benzene rings is 7. The highest BCUT2D eigenvalue weighted by molar-refractivity contribution is 6.28. The Morgan fingerprint density at radius 3 is 2.02 bits per heavy atom. The first-order chi connectivity index (χ1) is 26.5. The fraction of sp³-hybridized carbons (Fsp3) is 0.0612. The van der Waals surface area contributed by atoms with Gasteiger partial charge >= 0.3 is 0 Å². The Bertz CT molecular complexity index is 3140. The standard InChI is InChI=1S/C49H32N4O/c1-49(2)39-17-8-6-15-34(39)38-26-33(20-23-40(38)49)48-51-28-50-47(53-48)32-14-10-13-30(25-32)31-19-21-35-41(27-31)52-46(29-11-4-3-5-12-29)37-22-24-43-45(44(35)37)36-16-7-9-18-42(36)54-43/h3-28H,1-2H3. The van der Waals surface area contributed by atoms with Gasteiger partial charge in [-0.3, -0.25) is 0 Å². The fourth-order valence-corrected chi connectivity index (χ4v) is 8.58. The summed E-state index contributed by atoms with van der Waals surface area (Å²) in [5.74, 6) is 1.29. The van der Waals surface area contributed by atoms with Crippen LogP contribution < -0.4 is 0 Å². The molecule has 0 radical (unpaired) electrons. The first kappa shape index (κ1) is 30.6. The maximum Gasteiger partial charge on any atom is 0.163 e. The van der Waals surface area contributed by atoms with Crippen molar-refractivity contribution in [2.24, 2.45) is 0 Å². The number of para-hydroxylation sites is 1. The Balaban J connectivity index is 1.03. The first-order valence-electron chi connectivity index (χ1n) is 18.3. The molecule has 3 aromatic heterocycles. The third-order valence-electron chi connectivity index (χ3n) is 11.2. The molecule has 0 amide bonds. The van der Waals surface area contributed by atoms with Gasteiger partial charge in [-0.2, -0.15) is 0 Å². The number of hydrogen-bond acceptors (Lipinski definition) is 5. The van der Waals surface area contributed by atoms with Crippen LogP contribution in [0, 0.1) is 0 Å². The topological polar surface area (TPSA) is 64.7 Å². The van der Waals surface area contributed by atoms with E-state index in [-0.39, 0.29) is 5.41 Å². The smallest absolute Gasteiger partial charge is 0.163 e. The summed E-state index contributed by atoms with van der Waals surface area (Å²) in [6.07, 6.45) is 1.62. The Morgan fingerprint density at radius 2 is 1.13 bits per heavy atom. The summed E-state index contributed by atoms with van der Waals surface area (Å²) in [5, 5.41) is 5.56. The van der Waals surface area contributed by atoms with Gasteiger partial charge in [-0.15, -0.1) is 0 Å². The van der Waals surface area contributed by atoms with E-state index in [0.29, 0.717) is 11.6 Å². The second kappa shape index (κ2) is 11.5. The van der Waals surface area contributed by atoms with Crippen LogP contribution in [-0.4, -0.2) is 19.9 Å². The summed E-state index contributed by atoms with van der Waals surface area (Å²) in [6, 6.07) is 53.2. The van der Waals surface area contributed by atoms with Crippen molar-refractivity contribution in [1.29, 1.82) is 0 Å². The third-order valence-corrected chi connectivity index (χ3v) is 11.2. The van der Waals surface area contributed by atoms with E-state index in [1.807, 2.05) is 18.2 Å². The van der Waals surface area contributed by atoms with Crippen LogP contribution in [-0.2, 0) is 5.41 Å². The van der Waals surface area contributed by atoms with E-state index in [9.17, 15) is 0 Å². The van der Waals surface area contributed by atoms with Gasteiger partial charge in [0.2, 0.25) is 0 Å². The van der Waals surface area contributed by atoms with Crippen LogP contribution >= 0.6 is 0 Å². The molecule has 0 atom stereocenters. The molecule has 0 unspecified atom stereocenters. The summed E-state index contributed by atoms with van der Waals surface area (Å²) in [6.45, 7) is 4.59. The van der Waals surface area contributed by atoms with Crippen LogP contribution in [0.15, 0.2) is 162 Å². The van der Waals surface area contributed by atoms with Gasteiger partial charge in [-0.05, 0) is 69.8 Å². The molecule has 0 saturated carbocycles. The monoisotopic (exact) mass is 692 g/mol. The Morgan fingerprint density at radius 1 is 0.444 bits per heavy atom. The Labute approximate surface area is 311 Å². The molecule has 5 nitrogen and oxygen atoms in total. The number of nitrogens with zero attached hydrogens (tertiary/aromatic N) is 4. The number of hydrogen-bond donors (Lipinski definition) is 0. The van der Waals surface area contributed by atoms with Gasteiger partial charge in [0.15, 0.2) is 11.6 Å². The summed E-state index contributed by atoms with van der Waals surface area (Å²) in [5.41, 5.74) is 13.9. The van der Waals surface area contributed by atoms with E-state index >= 15 is 0 Å². The molecule has 0 saturated heterocycles. The van der Waals surface area contributed by atoms with Gasteiger partial charge < -0.3 is 4.42 Å². The van der Waals surface area contributed by atoms with Crippen molar-refractivity contribution < 1.29 is 4.42 Å². The van der Waals surface area contributed by atoms with Crippen molar-refractivity contribution in [3.63, 3.8) is 0 Å². The Hall–Kier alpha value is -6.98. The van der Waals surface area contributed by atoms with E-state index < -0.39 is 0 Å². The Kier molecular flexibility index (Phi) is 6.53. The van der Waals surface area contributed by atoms with Gasteiger partial charge in [0.1, 0.15) is 17.5 Å². The zero-order valence-corrected chi connectivity index (χ0v) is 29.7. The van der Waals surface area contributed by atoms with Crippen molar-refractivity contribution in [3.05, 3.63) is 169 Å². The molecule has 1 aliphatic carbocycles. The van der Waals surface area contributed by atoms with Gasteiger partial charge in [0.05, 0.1) is 11.2 Å². The van der Waals surface area contributed by atoms with Crippen LogP contribution in [0.2, 0.25) is 0 Å². The molecule has 11 rings (SSSR count). The number of aromatic nitrogens is 4. The highest BCUT2D eigenvalue weighted by Crippen LogP contribution is 2.49. The molecule has 0 N–H and O–H groups in total. The van der Waals surface area contributed by atoms with E-state index in [4.69, 9.17) is 14.4 Å². The van der Waals surface area contributed by atoms with Gasteiger partial charge in [0.25, 0.3) is 0 Å². The largest absolute Gasteiger partial charge is 0.456 e. The average Bonchev–Trinajstić information content (AvgIpc) is 3.72. The normalized spacial score (nSPS) is 13.1. The fourth-order valence-electron chi connectivity index (χ4n) is 8.58. The van der Waals surface area contributed by atoms with Gasteiger partial charge in [-0.25, -0.2) is 19.9 Å². The van der Waals surface area contributed by atoms with E-state index in [2.05, 4.69) is 157 Å². The molecular formula is C49H32N4O. The molecule has 10 aromatic rings. The number of furan rings is 1. The molecule has 1 aliphatic rings. The molecule has 254 valence electrons. The van der Waals surface area contributed by atoms with E-state index in [1.165, 1.54) is 22.3 Å². The van der Waals surface area contributed by atoms with Gasteiger partial charge in [-0.1, -0.05) is 129 Å².